The van der Waals surface area contributed by atoms with Crippen LogP contribution >= 0.6 is 0 Å². The third-order valence-corrected chi connectivity index (χ3v) is 21.7. The van der Waals surface area contributed by atoms with Crippen molar-refractivity contribution in [2.75, 3.05) is 26.4 Å². The Labute approximate surface area is 631 Å². The number of hydrogen-bond acceptors (Lipinski definition) is 18. The zero-order valence-corrected chi connectivity index (χ0v) is 65.8. The molecule has 3 aliphatic heterocycles. The first-order chi connectivity index (χ1) is 50.8. The van der Waals surface area contributed by atoms with Crippen LogP contribution in [0, 0.1) is 0 Å². The van der Waals surface area contributed by atoms with Gasteiger partial charge in [-0.05, 0) is 44.9 Å². The lowest BCUT2D eigenvalue weighted by atomic mass is 9.96. The van der Waals surface area contributed by atoms with E-state index >= 15 is 0 Å². The molecule has 104 heavy (non-hydrogen) atoms. The van der Waals surface area contributed by atoms with Crippen molar-refractivity contribution in [3.05, 3.63) is 36.5 Å². The van der Waals surface area contributed by atoms with E-state index in [1.807, 2.05) is 6.08 Å². The summed E-state index contributed by atoms with van der Waals surface area (Å²) in [6.45, 7) is 1.77. The van der Waals surface area contributed by atoms with Gasteiger partial charge in [-0.25, -0.2) is 0 Å². The van der Waals surface area contributed by atoms with Crippen molar-refractivity contribution < 1.29 is 89.4 Å². The molecule has 3 aliphatic rings. The van der Waals surface area contributed by atoms with Crippen molar-refractivity contribution in [1.29, 1.82) is 0 Å². The fraction of sp³-hybridized carbons (Fsp3) is 0.918. The number of rotatable bonds is 70. The summed E-state index contributed by atoms with van der Waals surface area (Å²) in [5.41, 5.74) is 0. The average Bonchev–Trinajstić information content (AvgIpc) is 0.783. The van der Waals surface area contributed by atoms with Gasteiger partial charge in [-0.2, -0.15) is 0 Å². The number of unbranched alkanes of at least 4 members (excludes halogenated alkanes) is 50. The van der Waals surface area contributed by atoms with Crippen LogP contribution in [0.4, 0.5) is 0 Å². The molecule has 19 heteroatoms. The molecule has 0 aromatic heterocycles. The van der Waals surface area contributed by atoms with Crippen LogP contribution in [-0.4, -0.2) is 193 Å². The maximum absolute atomic E-state index is 13.5. The predicted octanol–water partition coefficient (Wildman–Crippen LogP) is 15.5. The zero-order valence-electron chi connectivity index (χ0n) is 65.8. The van der Waals surface area contributed by atoms with Gasteiger partial charge < -0.3 is 89.9 Å². The van der Waals surface area contributed by atoms with Gasteiger partial charge in [0, 0.05) is 6.42 Å². The molecular formula is C85H159NO18. The van der Waals surface area contributed by atoms with Gasteiger partial charge in [-0.3, -0.25) is 4.79 Å². The van der Waals surface area contributed by atoms with Crippen LogP contribution in [0.3, 0.4) is 0 Å². The number of amides is 1. The Morgan fingerprint density at radius 2 is 0.615 bits per heavy atom. The topological polar surface area (TPSA) is 307 Å². The van der Waals surface area contributed by atoms with Crippen LogP contribution in [0.2, 0.25) is 0 Å². The van der Waals surface area contributed by atoms with E-state index in [-0.39, 0.29) is 18.9 Å². The van der Waals surface area contributed by atoms with Crippen LogP contribution in [-0.2, 0) is 33.2 Å². The second-order valence-electron chi connectivity index (χ2n) is 31.0. The van der Waals surface area contributed by atoms with Crippen LogP contribution in [0.5, 0.6) is 0 Å². The van der Waals surface area contributed by atoms with Crippen LogP contribution < -0.4 is 5.32 Å². The van der Waals surface area contributed by atoms with Crippen molar-refractivity contribution in [2.45, 2.75) is 471 Å². The van der Waals surface area contributed by atoms with Crippen LogP contribution in [0.25, 0.3) is 0 Å². The Balaban J connectivity index is 1.34. The molecule has 1 amide bonds. The standard InChI is InChI=1S/C85H159NO18/c1-3-5-7-9-11-13-15-17-19-21-23-25-27-29-30-31-32-33-34-35-36-37-38-39-41-43-45-47-49-51-53-55-57-59-61-63-73(91)86-68(69(90)62-60-58-56-54-52-50-48-46-44-42-40-28-26-24-22-20-18-16-14-12-10-8-6-4-2)67-99-83-79(97)76(94)81(71(65-88)101-83)104-85-80(98)77(95)82(72(66-89)102-85)103-84-78(96)75(93)74(92)70(64-87)100-84/h44,46,52,54,60,62,68-72,74-85,87-90,92-98H,3-43,45,47-51,53,55-59,61,63-67H2,1-2H3,(H,86,91)/b46-44+,54-52+,62-60+. The molecule has 0 bridgehead atoms. The van der Waals surface area contributed by atoms with Gasteiger partial charge in [0.1, 0.15) is 73.2 Å². The van der Waals surface area contributed by atoms with Gasteiger partial charge in [-0.15, -0.1) is 0 Å². The van der Waals surface area contributed by atoms with Crippen LogP contribution in [0.15, 0.2) is 36.5 Å². The Hall–Kier alpha value is -1.99. The minimum atomic E-state index is -1.98. The first kappa shape index (κ1) is 96.2. The summed E-state index contributed by atoms with van der Waals surface area (Å²) in [7, 11) is 0. The molecule has 0 spiro atoms. The summed E-state index contributed by atoms with van der Waals surface area (Å²) in [6, 6.07) is -0.996. The molecule has 0 saturated carbocycles. The van der Waals surface area contributed by atoms with E-state index in [9.17, 15) is 61.0 Å². The van der Waals surface area contributed by atoms with Crippen molar-refractivity contribution in [2.24, 2.45) is 0 Å². The first-order valence-electron chi connectivity index (χ1n) is 43.2. The normalized spacial score (nSPS) is 26.0. The lowest BCUT2D eigenvalue weighted by molar-refractivity contribution is -0.379. The molecule has 17 atom stereocenters. The lowest BCUT2D eigenvalue weighted by Gasteiger charge is -2.48. The highest BCUT2D eigenvalue weighted by Gasteiger charge is 2.54. The SMILES string of the molecule is CCCCCCCCCCCCCCCC/C=C/CC/C=C/CC/C=C/C(O)C(COC1OC(CO)C(OC2OC(CO)C(OC3OC(CO)C(O)C(O)C3O)C(O)C2O)C(O)C1O)NC(=O)CCCCCCCCCCCCCCCCCCCCCCCCCCCCCCCCCCCCC. The second-order valence-corrected chi connectivity index (χ2v) is 31.0. The number of carbonyl (C=O) groups is 1. The van der Waals surface area contributed by atoms with Gasteiger partial charge in [0.25, 0.3) is 0 Å². The highest BCUT2D eigenvalue weighted by atomic mass is 16.8. The number of ether oxygens (including phenoxy) is 6. The Morgan fingerprint density at radius 1 is 0.337 bits per heavy atom. The number of carbonyl (C=O) groups excluding carboxylic acids is 1. The molecule has 17 unspecified atom stereocenters. The summed E-state index contributed by atoms with van der Waals surface area (Å²) in [4.78, 5) is 13.5. The average molecular weight is 1480 g/mol. The monoisotopic (exact) mass is 1480 g/mol. The van der Waals surface area contributed by atoms with E-state index < -0.39 is 124 Å². The molecule has 612 valence electrons. The van der Waals surface area contributed by atoms with E-state index in [0.29, 0.717) is 12.8 Å². The number of allylic oxidation sites excluding steroid dienone is 5. The number of nitrogens with one attached hydrogen (secondary N) is 1. The lowest BCUT2D eigenvalue weighted by Crippen LogP contribution is -2.66. The van der Waals surface area contributed by atoms with E-state index in [1.165, 1.54) is 289 Å². The highest BCUT2D eigenvalue weighted by molar-refractivity contribution is 5.76. The van der Waals surface area contributed by atoms with Gasteiger partial charge >= 0.3 is 0 Å². The number of aliphatic hydroxyl groups is 11. The molecular weight excluding hydrogens is 1320 g/mol. The van der Waals surface area contributed by atoms with Crippen molar-refractivity contribution in [3.63, 3.8) is 0 Å². The van der Waals surface area contributed by atoms with E-state index in [2.05, 4.69) is 43.5 Å². The minimum Gasteiger partial charge on any atom is -0.394 e. The summed E-state index contributed by atoms with van der Waals surface area (Å²) in [5.74, 6) is -0.282. The Morgan fingerprint density at radius 3 is 0.962 bits per heavy atom. The van der Waals surface area contributed by atoms with Gasteiger partial charge in [0.2, 0.25) is 5.91 Å². The molecule has 0 aromatic rings. The predicted molar refractivity (Wildman–Crippen MR) is 416 cm³/mol. The van der Waals surface area contributed by atoms with Crippen molar-refractivity contribution >= 4 is 5.91 Å². The quantitative estimate of drug-likeness (QED) is 0.0199. The third-order valence-electron chi connectivity index (χ3n) is 21.7. The fourth-order valence-corrected chi connectivity index (χ4v) is 14.8. The first-order valence-corrected chi connectivity index (χ1v) is 43.2. The van der Waals surface area contributed by atoms with Crippen molar-refractivity contribution in [1.82, 2.24) is 5.32 Å². The number of hydrogen-bond donors (Lipinski definition) is 12. The zero-order chi connectivity index (χ0) is 75.3. The highest BCUT2D eigenvalue weighted by Crippen LogP contribution is 2.33. The Bertz CT molecular complexity index is 2020. The molecule has 3 fully saturated rings. The smallest absolute Gasteiger partial charge is 0.220 e. The third kappa shape index (κ3) is 44.8. The summed E-state index contributed by atoms with van der Waals surface area (Å²) in [5, 5.41) is 121. The van der Waals surface area contributed by atoms with Crippen LogP contribution in [0.1, 0.15) is 367 Å². The maximum atomic E-state index is 13.5. The van der Waals surface area contributed by atoms with Crippen molar-refractivity contribution in [3.8, 4) is 0 Å². The largest absolute Gasteiger partial charge is 0.394 e. The molecule has 0 aromatic carbocycles. The van der Waals surface area contributed by atoms with Gasteiger partial charge in [-0.1, -0.05) is 352 Å². The fourth-order valence-electron chi connectivity index (χ4n) is 14.8. The minimum absolute atomic E-state index is 0.237. The summed E-state index contributed by atoms with van der Waals surface area (Å²) >= 11 is 0. The van der Waals surface area contributed by atoms with Gasteiger partial charge in [0.15, 0.2) is 18.9 Å². The second kappa shape index (κ2) is 65.7. The molecule has 3 heterocycles. The van der Waals surface area contributed by atoms with E-state index in [1.54, 1.807) is 6.08 Å². The summed E-state index contributed by atoms with van der Waals surface area (Å²) < 4.78 is 34.5. The van der Waals surface area contributed by atoms with Gasteiger partial charge in [0.05, 0.1) is 38.6 Å². The van der Waals surface area contributed by atoms with E-state index in [4.69, 9.17) is 28.4 Å². The molecule has 12 N–H and O–H groups in total. The molecule has 3 saturated heterocycles. The van der Waals surface area contributed by atoms with E-state index in [0.717, 1.165) is 44.9 Å². The Kier molecular flexibility index (Phi) is 60.8. The molecule has 0 radical (unpaired) electrons. The molecule has 3 rings (SSSR count). The maximum Gasteiger partial charge on any atom is 0.220 e. The molecule has 0 aliphatic carbocycles. The number of aliphatic hydroxyl groups excluding tert-OH is 11. The molecule has 19 nitrogen and oxygen atoms in total. The summed E-state index contributed by atoms with van der Waals surface area (Å²) in [6.07, 6.45) is 55.9.